The quantitative estimate of drug-likeness (QED) is 0.174. The van der Waals surface area contributed by atoms with E-state index in [1.807, 2.05) is 0 Å². The molecule has 5 rings (SSSR count). The van der Waals surface area contributed by atoms with Crippen LogP contribution in [-0.2, 0) is 30.5 Å². The summed E-state index contributed by atoms with van der Waals surface area (Å²) in [5.74, 6) is -2.14. The average molecular weight is 604 g/mol. The summed E-state index contributed by atoms with van der Waals surface area (Å²) in [4.78, 5) is 19.8. The first-order valence-corrected chi connectivity index (χ1v) is 13.3. The lowest BCUT2D eigenvalue weighted by atomic mass is 10.0. The Morgan fingerprint density at radius 2 is 1.83 bits per heavy atom. The Bertz CT molecular complexity index is 1770. The molecule has 0 fully saturated rings. The van der Waals surface area contributed by atoms with Crippen molar-refractivity contribution in [2.75, 3.05) is 13.7 Å². The Labute approximate surface area is 239 Å². The van der Waals surface area contributed by atoms with Crippen molar-refractivity contribution >= 4 is 28.3 Å². The molecule has 0 saturated carbocycles. The highest BCUT2D eigenvalue weighted by Crippen LogP contribution is 2.35. The van der Waals surface area contributed by atoms with Crippen molar-refractivity contribution in [3.05, 3.63) is 99.0 Å². The second-order valence-corrected chi connectivity index (χ2v) is 10.4. The van der Waals surface area contributed by atoms with Gasteiger partial charge in [-0.1, -0.05) is 6.07 Å². The molecule has 0 spiro atoms. The van der Waals surface area contributed by atoms with Crippen LogP contribution in [-0.4, -0.2) is 39.3 Å². The summed E-state index contributed by atoms with van der Waals surface area (Å²) in [7, 11) is 1.51. The molecule has 0 aliphatic rings. The van der Waals surface area contributed by atoms with Crippen LogP contribution >= 0.6 is 11.3 Å². The summed E-state index contributed by atoms with van der Waals surface area (Å²) < 4.78 is 81.5. The van der Waals surface area contributed by atoms with E-state index in [9.17, 15) is 23.1 Å². The number of fused-ring (bicyclic) bond motifs is 1. The number of ether oxygens (including phenoxy) is 2. The number of nitrogens with zero attached hydrogens (tertiary/aromatic N) is 3. The average Bonchev–Trinajstić information content (AvgIpc) is 3.57. The third kappa shape index (κ3) is 6.26. The van der Waals surface area contributed by atoms with E-state index in [0.29, 0.717) is 39.6 Å². The number of halogens is 5. The molecule has 0 atom stereocenters. The summed E-state index contributed by atoms with van der Waals surface area (Å²) >= 11 is 0.547. The summed E-state index contributed by atoms with van der Waals surface area (Å²) in [6, 6.07) is 13.2. The zero-order chi connectivity index (χ0) is 30.0. The minimum absolute atomic E-state index is 0.0225. The number of carboxylic acid groups (broad SMARTS) is 1. The van der Waals surface area contributed by atoms with E-state index >= 15 is 8.78 Å². The Kier molecular flexibility index (Phi) is 8.23. The summed E-state index contributed by atoms with van der Waals surface area (Å²) in [5, 5.41) is 9.37. The maximum Gasteiger partial charge on any atom is 0.425 e. The van der Waals surface area contributed by atoms with Crippen molar-refractivity contribution in [3.8, 4) is 17.1 Å². The molecule has 0 unspecified atom stereocenters. The first-order valence-electron chi connectivity index (χ1n) is 12.5. The molecule has 3 heterocycles. The molecular formula is C29H22F5N3O4S. The molecule has 42 heavy (non-hydrogen) atoms. The Morgan fingerprint density at radius 1 is 1.02 bits per heavy atom. The van der Waals surface area contributed by atoms with Crippen molar-refractivity contribution in [1.82, 2.24) is 14.5 Å². The molecular weight excluding hydrogens is 581 g/mol. The first-order chi connectivity index (χ1) is 20.0. The molecule has 0 radical (unpaired) electrons. The third-order valence-corrected chi connectivity index (χ3v) is 7.48. The van der Waals surface area contributed by atoms with E-state index in [1.54, 1.807) is 10.6 Å². The van der Waals surface area contributed by atoms with Crippen LogP contribution in [0, 0.1) is 11.6 Å². The number of hydrogen-bond acceptors (Lipinski definition) is 6. The largest absolute Gasteiger partial charge is 0.478 e. The molecule has 13 heteroatoms. The van der Waals surface area contributed by atoms with Crippen LogP contribution in [0.2, 0.25) is 0 Å². The molecule has 0 bridgehead atoms. The van der Waals surface area contributed by atoms with Gasteiger partial charge in [0.2, 0.25) is 5.88 Å². The van der Waals surface area contributed by atoms with Gasteiger partial charge in [0.1, 0.15) is 28.9 Å². The minimum atomic E-state index is -4.45. The van der Waals surface area contributed by atoms with Gasteiger partial charge < -0.3 is 19.1 Å². The number of carboxylic acids is 1. The number of imidazole rings is 1. The number of carbonyl (C=O) groups is 1. The van der Waals surface area contributed by atoms with Crippen LogP contribution in [0.1, 0.15) is 31.5 Å². The standard InChI is InChI=1S/C29H22F5N3O4S/c1-40-10-9-37-24-12-16(28(38)39)5-7-23(24)35-26(37)13-17-11-21(31)19(14-20(17)30)22-3-2-4-27(36-22)41-15-18-6-8-25(42-18)29(32,33)34/h2-8,11-12,14H,9-10,13,15H2,1H3,(H,38,39). The van der Waals surface area contributed by atoms with Gasteiger partial charge in [-0.2, -0.15) is 13.2 Å². The second kappa shape index (κ2) is 11.9. The highest BCUT2D eigenvalue weighted by atomic mass is 32.1. The fourth-order valence-corrected chi connectivity index (χ4v) is 5.15. The number of aromatic nitrogens is 3. The highest BCUT2D eigenvalue weighted by molar-refractivity contribution is 7.12. The van der Waals surface area contributed by atoms with Gasteiger partial charge >= 0.3 is 12.1 Å². The lowest BCUT2D eigenvalue weighted by molar-refractivity contribution is -0.134. The number of alkyl halides is 3. The van der Waals surface area contributed by atoms with Crippen molar-refractivity contribution in [1.29, 1.82) is 0 Å². The van der Waals surface area contributed by atoms with E-state index in [2.05, 4.69) is 9.97 Å². The topological polar surface area (TPSA) is 86.5 Å². The molecule has 218 valence electrons. The zero-order valence-electron chi connectivity index (χ0n) is 21.9. The molecule has 2 aromatic carbocycles. The van der Waals surface area contributed by atoms with Crippen molar-refractivity contribution in [2.24, 2.45) is 0 Å². The maximum absolute atomic E-state index is 15.3. The van der Waals surface area contributed by atoms with Crippen molar-refractivity contribution in [2.45, 2.75) is 25.7 Å². The van der Waals surface area contributed by atoms with E-state index in [-0.39, 0.29) is 47.9 Å². The van der Waals surface area contributed by atoms with Crippen LogP contribution in [0.15, 0.2) is 60.7 Å². The molecule has 5 aromatic rings. The molecule has 1 N–H and O–H groups in total. The predicted molar refractivity (Wildman–Crippen MR) is 145 cm³/mol. The van der Waals surface area contributed by atoms with Gasteiger partial charge in [-0.05, 0) is 54.1 Å². The van der Waals surface area contributed by atoms with Gasteiger partial charge in [-0.3, -0.25) is 0 Å². The Hall–Kier alpha value is -4.36. The minimum Gasteiger partial charge on any atom is -0.478 e. The van der Waals surface area contributed by atoms with E-state index in [0.717, 1.165) is 18.2 Å². The predicted octanol–water partition coefficient (Wildman–Crippen LogP) is 6.97. The number of thiophene rings is 1. The fourth-order valence-electron chi connectivity index (χ4n) is 4.36. The van der Waals surface area contributed by atoms with Gasteiger partial charge in [0.05, 0.1) is 28.9 Å². The smallest absolute Gasteiger partial charge is 0.425 e. The SMILES string of the molecule is COCCn1c(Cc2cc(F)c(-c3cccc(OCc4ccc(C(F)(F)F)s4)n3)cc2F)nc2ccc(C(=O)O)cc21. The van der Waals surface area contributed by atoms with E-state index in [4.69, 9.17) is 9.47 Å². The highest BCUT2D eigenvalue weighted by Gasteiger charge is 2.32. The number of hydrogen-bond donors (Lipinski definition) is 1. The third-order valence-electron chi connectivity index (χ3n) is 6.38. The van der Waals surface area contributed by atoms with E-state index < -0.39 is 28.7 Å². The normalized spacial score (nSPS) is 11.8. The van der Waals surface area contributed by atoms with Gasteiger partial charge in [0, 0.05) is 36.6 Å². The Morgan fingerprint density at radius 3 is 2.55 bits per heavy atom. The number of benzene rings is 2. The summed E-state index contributed by atoms with van der Waals surface area (Å²) in [6.45, 7) is 0.421. The number of methoxy groups -OCH3 is 1. The van der Waals surface area contributed by atoms with Crippen LogP contribution in [0.5, 0.6) is 5.88 Å². The molecule has 0 aliphatic heterocycles. The number of aromatic carboxylic acids is 1. The second-order valence-electron chi connectivity index (χ2n) is 9.19. The molecule has 3 aromatic heterocycles. The van der Waals surface area contributed by atoms with Gasteiger partial charge in [0.15, 0.2) is 0 Å². The van der Waals surface area contributed by atoms with E-state index in [1.165, 1.54) is 43.5 Å². The van der Waals surface area contributed by atoms with Crippen LogP contribution in [0.4, 0.5) is 22.0 Å². The Balaban J connectivity index is 1.39. The van der Waals surface area contributed by atoms with Crippen LogP contribution < -0.4 is 4.74 Å². The molecule has 0 aliphatic carbocycles. The van der Waals surface area contributed by atoms with Crippen LogP contribution in [0.25, 0.3) is 22.3 Å². The monoisotopic (exact) mass is 603 g/mol. The van der Waals surface area contributed by atoms with Crippen LogP contribution in [0.3, 0.4) is 0 Å². The molecule has 0 amide bonds. The van der Waals surface area contributed by atoms with Crippen molar-refractivity contribution < 1.29 is 41.3 Å². The molecule has 0 saturated heterocycles. The zero-order valence-corrected chi connectivity index (χ0v) is 22.7. The van der Waals surface area contributed by atoms with Gasteiger partial charge in [-0.25, -0.2) is 23.5 Å². The van der Waals surface area contributed by atoms with Crippen molar-refractivity contribution in [3.63, 3.8) is 0 Å². The summed E-state index contributed by atoms with van der Waals surface area (Å²) in [6.07, 6.45) is -4.53. The lowest BCUT2D eigenvalue weighted by Crippen LogP contribution is -2.10. The molecule has 7 nitrogen and oxygen atoms in total. The fraction of sp³-hybridized carbons (Fsp3) is 0.207. The first kappa shape index (κ1) is 29.1. The lowest BCUT2D eigenvalue weighted by Gasteiger charge is -2.12. The number of rotatable bonds is 10. The maximum atomic E-state index is 15.3. The van der Waals surface area contributed by atoms with Gasteiger partial charge in [0.25, 0.3) is 0 Å². The number of pyridine rings is 1. The summed E-state index contributed by atoms with van der Waals surface area (Å²) in [5.41, 5.74) is 1.06. The van der Waals surface area contributed by atoms with Gasteiger partial charge in [-0.15, -0.1) is 11.3 Å².